The fourth-order valence-corrected chi connectivity index (χ4v) is 3.94. The minimum atomic E-state index is 0.303. The first kappa shape index (κ1) is 16.0. The van der Waals surface area contributed by atoms with Crippen LogP contribution >= 0.6 is 12.2 Å². The molecule has 0 amide bonds. The predicted molar refractivity (Wildman–Crippen MR) is 108 cm³/mol. The molecule has 0 bridgehead atoms. The second-order valence-corrected chi connectivity index (χ2v) is 6.83. The molecule has 3 aromatic rings. The van der Waals surface area contributed by atoms with Crippen molar-refractivity contribution < 1.29 is 0 Å². The van der Waals surface area contributed by atoms with Gasteiger partial charge in [-0.2, -0.15) is 0 Å². The van der Waals surface area contributed by atoms with Gasteiger partial charge in [-0.1, -0.05) is 42.5 Å². The highest BCUT2D eigenvalue weighted by Gasteiger charge is 2.26. The van der Waals surface area contributed by atoms with E-state index in [0.29, 0.717) is 6.04 Å². The number of piperidine rings is 1. The van der Waals surface area contributed by atoms with E-state index in [-0.39, 0.29) is 0 Å². The molecular formula is C21H21N3S. The van der Waals surface area contributed by atoms with Crippen LogP contribution in [0.5, 0.6) is 0 Å². The van der Waals surface area contributed by atoms with E-state index in [1.54, 1.807) is 0 Å². The average Bonchev–Trinajstić information content (AvgIpc) is 2.69. The van der Waals surface area contributed by atoms with Crippen LogP contribution in [-0.2, 0) is 0 Å². The summed E-state index contributed by atoms with van der Waals surface area (Å²) in [6.45, 7) is 0.982. The van der Waals surface area contributed by atoms with E-state index in [1.807, 2.05) is 18.5 Å². The van der Waals surface area contributed by atoms with Crippen LogP contribution in [0, 0.1) is 0 Å². The minimum absolute atomic E-state index is 0.303. The Morgan fingerprint density at radius 3 is 2.80 bits per heavy atom. The zero-order valence-electron chi connectivity index (χ0n) is 14.1. The van der Waals surface area contributed by atoms with Gasteiger partial charge in [-0.3, -0.25) is 4.98 Å². The van der Waals surface area contributed by atoms with E-state index in [9.17, 15) is 0 Å². The van der Waals surface area contributed by atoms with Crippen LogP contribution in [-0.4, -0.2) is 21.5 Å². The van der Waals surface area contributed by atoms with Crippen molar-refractivity contribution in [3.8, 4) is 0 Å². The molecule has 0 unspecified atom stereocenters. The zero-order chi connectivity index (χ0) is 17.1. The number of hydrogen-bond acceptors (Lipinski definition) is 2. The molecule has 1 N–H and O–H groups in total. The number of nitrogens with zero attached hydrogens (tertiary/aromatic N) is 2. The first-order valence-electron chi connectivity index (χ1n) is 8.78. The molecule has 0 aliphatic carbocycles. The largest absolute Gasteiger partial charge is 0.342 e. The first-order valence-corrected chi connectivity index (χ1v) is 9.19. The summed E-state index contributed by atoms with van der Waals surface area (Å²) in [4.78, 5) is 6.61. The van der Waals surface area contributed by atoms with Gasteiger partial charge in [0, 0.05) is 30.0 Å². The van der Waals surface area contributed by atoms with Gasteiger partial charge in [-0.25, -0.2) is 0 Å². The lowest BCUT2D eigenvalue weighted by molar-refractivity contribution is 0.248. The molecule has 1 aromatic heterocycles. The smallest absolute Gasteiger partial charge is 0.173 e. The highest BCUT2D eigenvalue weighted by Crippen LogP contribution is 2.32. The molecule has 0 spiro atoms. The van der Waals surface area contributed by atoms with Gasteiger partial charge in [0.15, 0.2) is 5.11 Å². The number of hydrogen-bond donors (Lipinski definition) is 1. The molecule has 1 aliphatic rings. The maximum Gasteiger partial charge on any atom is 0.173 e. The molecular weight excluding hydrogens is 326 g/mol. The van der Waals surface area contributed by atoms with Crippen molar-refractivity contribution in [1.29, 1.82) is 0 Å². The number of rotatable bonds is 2. The van der Waals surface area contributed by atoms with Crippen LogP contribution < -0.4 is 5.32 Å². The van der Waals surface area contributed by atoms with Crippen LogP contribution in [0.15, 0.2) is 67.0 Å². The molecule has 0 saturated carbocycles. The normalized spacial score (nSPS) is 17.4. The Labute approximate surface area is 153 Å². The molecule has 1 saturated heterocycles. The number of likely N-dealkylation sites (tertiary alicyclic amines) is 1. The number of benzene rings is 2. The number of nitrogens with one attached hydrogen (secondary N) is 1. The summed E-state index contributed by atoms with van der Waals surface area (Å²) in [6.07, 6.45) is 7.30. The maximum absolute atomic E-state index is 5.79. The number of anilines is 1. The molecule has 2 heterocycles. The Bertz CT molecular complexity index is 873. The summed E-state index contributed by atoms with van der Waals surface area (Å²) in [5, 5.41) is 6.70. The van der Waals surface area contributed by atoms with Crippen molar-refractivity contribution in [3.63, 3.8) is 0 Å². The van der Waals surface area contributed by atoms with E-state index in [4.69, 9.17) is 12.2 Å². The SMILES string of the molecule is S=C(Nc1cccc2ccccc12)N1CCCC[C@H]1c1cccnc1. The van der Waals surface area contributed by atoms with Crippen molar-refractivity contribution in [2.75, 3.05) is 11.9 Å². The highest BCUT2D eigenvalue weighted by atomic mass is 32.1. The number of fused-ring (bicyclic) bond motifs is 1. The topological polar surface area (TPSA) is 28.2 Å². The van der Waals surface area contributed by atoms with Gasteiger partial charge >= 0.3 is 0 Å². The van der Waals surface area contributed by atoms with Crippen LogP contribution in [0.3, 0.4) is 0 Å². The molecule has 2 aromatic carbocycles. The van der Waals surface area contributed by atoms with E-state index in [0.717, 1.165) is 23.8 Å². The second-order valence-electron chi connectivity index (χ2n) is 6.45. The highest BCUT2D eigenvalue weighted by molar-refractivity contribution is 7.80. The molecule has 1 fully saturated rings. The first-order chi connectivity index (χ1) is 12.3. The van der Waals surface area contributed by atoms with E-state index >= 15 is 0 Å². The van der Waals surface area contributed by atoms with Gasteiger partial charge in [-0.05, 0) is 54.6 Å². The summed E-state index contributed by atoms with van der Waals surface area (Å²) in [5.74, 6) is 0. The third-order valence-corrected chi connectivity index (χ3v) is 5.20. The Balaban J connectivity index is 1.60. The summed E-state index contributed by atoms with van der Waals surface area (Å²) < 4.78 is 0. The Morgan fingerprint density at radius 1 is 1.04 bits per heavy atom. The van der Waals surface area contributed by atoms with Crippen molar-refractivity contribution in [1.82, 2.24) is 9.88 Å². The van der Waals surface area contributed by atoms with Crippen molar-refractivity contribution in [3.05, 3.63) is 72.6 Å². The van der Waals surface area contributed by atoms with Crippen molar-refractivity contribution in [2.24, 2.45) is 0 Å². The average molecular weight is 347 g/mol. The van der Waals surface area contributed by atoms with Gasteiger partial charge in [0.1, 0.15) is 0 Å². The summed E-state index contributed by atoms with van der Waals surface area (Å²) in [6, 6.07) is 19.1. The lowest BCUT2D eigenvalue weighted by Gasteiger charge is -2.38. The zero-order valence-corrected chi connectivity index (χ0v) is 14.9. The number of aromatic nitrogens is 1. The molecule has 3 nitrogen and oxygen atoms in total. The Kier molecular flexibility index (Phi) is 4.61. The Morgan fingerprint density at radius 2 is 1.92 bits per heavy atom. The van der Waals surface area contributed by atoms with Crippen LogP contribution in [0.4, 0.5) is 5.69 Å². The fourth-order valence-electron chi connectivity index (χ4n) is 3.62. The van der Waals surface area contributed by atoms with Crippen LogP contribution in [0.1, 0.15) is 30.9 Å². The lowest BCUT2D eigenvalue weighted by Crippen LogP contribution is -2.41. The predicted octanol–water partition coefficient (Wildman–Crippen LogP) is 5.16. The number of pyridine rings is 1. The standard InChI is InChI=1S/C21H21N3S/c25-21(23-19-11-5-8-16-7-1-2-10-18(16)19)24-14-4-3-12-20(24)17-9-6-13-22-15-17/h1-2,5-11,13,15,20H,3-4,12,14H2,(H,23,25)/t20-/m0/s1. The van der Waals surface area contributed by atoms with Crippen LogP contribution in [0.2, 0.25) is 0 Å². The number of thiocarbonyl (C=S) groups is 1. The van der Waals surface area contributed by atoms with Gasteiger partial charge < -0.3 is 10.2 Å². The fraction of sp³-hybridized carbons (Fsp3) is 0.238. The maximum atomic E-state index is 5.79. The second kappa shape index (κ2) is 7.19. The molecule has 1 aliphatic heterocycles. The molecule has 4 rings (SSSR count). The monoisotopic (exact) mass is 347 g/mol. The van der Waals surface area contributed by atoms with Gasteiger partial charge in [0.2, 0.25) is 0 Å². The molecule has 25 heavy (non-hydrogen) atoms. The molecule has 126 valence electrons. The van der Waals surface area contributed by atoms with E-state index in [2.05, 4.69) is 63.7 Å². The molecule has 1 atom stereocenters. The molecule has 4 heteroatoms. The van der Waals surface area contributed by atoms with Crippen molar-refractivity contribution >= 4 is 33.8 Å². The summed E-state index contributed by atoms with van der Waals surface area (Å²) in [7, 11) is 0. The Hall–Kier alpha value is -2.46. The summed E-state index contributed by atoms with van der Waals surface area (Å²) >= 11 is 5.79. The van der Waals surface area contributed by atoms with E-state index in [1.165, 1.54) is 29.2 Å². The molecule has 0 radical (unpaired) electrons. The lowest BCUT2D eigenvalue weighted by atomic mass is 9.97. The van der Waals surface area contributed by atoms with Gasteiger partial charge in [0.05, 0.1) is 6.04 Å². The third-order valence-electron chi connectivity index (χ3n) is 4.86. The third kappa shape index (κ3) is 3.35. The quantitative estimate of drug-likeness (QED) is 0.648. The minimum Gasteiger partial charge on any atom is -0.342 e. The van der Waals surface area contributed by atoms with Gasteiger partial charge in [0.25, 0.3) is 0 Å². The van der Waals surface area contributed by atoms with Crippen molar-refractivity contribution in [2.45, 2.75) is 25.3 Å². The van der Waals surface area contributed by atoms with Crippen LogP contribution in [0.25, 0.3) is 10.8 Å². The van der Waals surface area contributed by atoms with E-state index < -0.39 is 0 Å². The summed E-state index contributed by atoms with van der Waals surface area (Å²) in [5.41, 5.74) is 2.31. The van der Waals surface area contributed by atoms with Gasteiger partial charge in [-0.15, -0.1) is 0 Å².